The molecule has 0 saturated heterocycles. The molecule has 1 fully saturated rings. The Hall–Kier alpha value is -3.10. The maximum atomic E-state index is 14.3. The highest BCUT2D eigenvalue weighted by Gasteiger charge is 2.44. The zero-order chi connectivity index (χ0) is 29.4. The average Bonchev–Trinajstić information content (AvgIpc) is 2.85. The molecule has 2 unspecified atom stereocenters. The fourth-order valence-electron chi connectivity index (χ4n) is 4.84. The summed E-state index contributed by atoms with van der Waals surface area (Å²) in [5.74, 6) is -1.61. The van der Waals surface area contributed by atoms with Gasteiger partial charge in [-0.1, -0.05) is 57.4 Å². The summed E-state index contributed by atoms with van der Waals surface area (Å²) in [6.07, 6.45) is 5.11. The number of amides is 4. The van der Waals surface area contributed by atoms with Crippen LogP contribution in [-0.4, -0.2) is 51.9 Å². The maximum Gasteiger partial charge on any atom is 0.408 e. The number of benzene rings is 1. The molecule has 218 valence electrons. The molecular formula is C30H48N4O5. The van der Waals surface area contributed by atoms with Crippen molar-refractivity contribution in [1.29, 1.82) is 0 Å². The van der Waals surface area contributed by atoms with E-state index >= 15 is 0 Å². The van der Waals surface area contributed by atoms with Gasteiger partial charge in [-0.15, -0.1) is 0 Å². The second-order valence-electron chi connectivity index (χ2n) is 12.1. The van der Waals surface area contributed by atoms with Crippen molar-refractivity contribution in [3.8, 4) is 0 Å². The molecule has 2 atom stereocenters. The number of hydrogen-bond donors (Lipinski definition) is 3. The molecule has 1 saturated carbocycles. The van der Waals surface area contributed by atoms with Crippen LogP contribution in [-0.2, 0) is 25.5 Å². The molecule has 0 heterocycles. The Balaban J connectivity index is 2.57. The number of ether oxygens (including phenoxy) is 1. The molecular weight excluding hydrogens is 496 g/mol. The maximum absolute atomic E-state index is 14.3. The Labute approximate surface area is 233 Å². The molecule has 0 bridgehead atoms. The third-order valence-electron chi connectivity index (χ3n) is 7.31. The first-order chi connectivity index (χ1) is 18.2. The second kappa shape index (κ2) is 13.8. The first kappa shape index (κ1) is 32.1. The zero-order valence-corrected chi connectivity index (χ0v) is 24.8. The minimum atomic E-state index is -1.30. The average molecular weight is 545 g/mol. The monoisotopic (exact) mass is 544 g/mol. The van der Waals surface area contributed by atoms with Gasteiger partial charge in [-0.25, -0.2) is 4.79 Å². The SMILES string of the molecule is CCc1ccc(C(C(=O)NC2CCCCC2)N(C(=O)C(CC(N)=O)NC(=O)OC(C)(C)C)C(C)(C)CC)cc1. The van der Waals surface area contributed by atoms with Gasteiger partial charge in [-0.2, -0.15) is 0 Å². The van der Waals surface area contributed by atoms with E-state index in [1.807, 2.05) is 45.0 Å². The van der Waals surface area contributed by atoms with E-state index < -0.39 is 47.6 Å². The quantitative estimate of drug-likeness (QED) is 0.377. The fraction of sp³-hybridized carbons (Fsp3) is 0.667. The van der Waals surface area contributed by atoms with Crippen LogP contribution in [0.3, 0.4) is 0 Å². The van der Waals surface area contributed by atoms with Crippen molar-refractivity contribution in [1.82, 2.24) is 15.5 Å². The van der Waals surface area contributed by atoms with Crippen molar-refractivity contribution < 1.29 is 23.9 Å². The summed E-state index contributed by atoms with van der Waals surface area (Å²) in [7, 11) is 0. The van der Waals surface area contributed by atoms with E-state index in [-0.39, 0.29) is 11.9 Å². The lowest BCUT2D eigenvalue weighted by atomic mass is 9.90. The summed E-state index contributed by atoms with van der Waals surface area (Å²) in [6, 6.07) is 5.42. The van der Waals surface area contributed by atoms with E-state index in [4.69, 9.17) is 10.5 Å². The highest BCUT2D eigenvalue weighted by Crippen LogP contribution is 2.33. The molecule has 1 aromatic carbocycles. The smallest absolute Gasteiger partial charge is 0.408 e. The summed E-state index contributed by atoms with van der Waals surface area (Å²) >= 11 is 0. The number of alkyl carbamates (subject to hydrolysis) is 1. The van der Waals surface area contributed by atoms with Gasteiger partial charge in [0.2, 0.25) is 17.7 Å². The molecule has 4 N–H and O–H groups in total. The van der Waals surface area contributed by atoms with Crippen LogP contribution in [0.2, 0.25) is 0 Å². The van der Waals surface area contributed by atoms with Crippen molar-refractivity contribution in [2.45, 2.75) is 129 Å². The fourth-order valence-corrected chi connectivity index (χ4v) is 4.84. The minimum Gasteiger partial charge on any atom is -0.444 e. The van der Waals surface area contributed by atoms with E-state index in [2.05, 4.69) is 17.6 Å². The zero-order valence-electron chi connectivity index (χ0n) is 24.8. The van der Waals surface area contributed by atoms with Gasteiger partial charge in [0.15, 0.2) is 0 Å². The Morgan fingerprint density at radius 1 is 1.00 bits per heavy atom. The molecule has 9 nitrogen and oxygen atoms in total. The number of aryl methyl sites for hydroxylation is 1. The first-order valence-corrected chi connectivity index (χ1v) is 14.2. The predicted molar refractivity (Wildman–Crippen MR) is 152 cm³/mol. The van der Waals surface area contributed by atoms with Gasteiger partial charge in [0.1, 0.15) is 17.7 Å². The summed E-state index contributed by atoms with van der Waals surface area (Å²) in [5.41, 5.74) is 5.65. The lowest BCUT2D eigenvalue weighted by Gasteiger charge is -2.45. The normalized spacial score (nSPS) is 16.1. The highest BCUT2D eigenvalue weighted by molar-refractivity contribution is 5.95. The topological polar surface area (TPSA) is 131 Å². The number of primary amides is 1. The number of nitrogens with zero attached hydrogens (tertiary/aromatic N) is 1. The Morgan fingerprint density at radius 3 is 2.08 bits per heavy atom. The number of hydrogen-bond acceptors (Lipinski definition) is 5. The Kier molecular flexibility index (Phi) is 11.4. The van der Waals surface area contributed by atoms with E-state index in [9.17, 15) is 19.2 Å². The van der Waals surface area contributed by atoms with Crippen LogP contribution in [0.1, 0.15) is 111 Å². The predicted octanol–water partition coefficient (Wildman–Crippen LogP) is 4.52. The third kappa shape index (κ3) is 9.55. The Bertz CT molecular complexity index is 994. The van der Waals surface area contributed by atoms with Gasteiger partial charge in [0, 0.05) is 11.6 Å². The molecule has 9 heteroatoms. The molecule has 1 aliphatic carbocycles. The molecule has 1 aromatic rings. The molecule has 2 rings (SSSR count). The number of nitrogens with one attached hydrogen (secondary N) is 2. The van der Waals surface area contributed by atoms with Gasteiger partial charge < -0.3 is 26.0 Å². The van der Waals surface area contributed by atoms with E-state index in [1.165, 1.54) is 4.90 Å². The Morgan fingerprint density at radius 2 is 1.59 bits per heavy atom. The van der Waals surface area contributed by atoms with Crippen LogP contribution in [0.5, 0.6) is 0 Å². The van der Waals surface area contributed by atoms with Crippen LogP contribution in [0.15, 0.2) is 24.3 Å². The number of nitrogens with two attached hydrogens (primary N) is 1. The summed E-state index contributed by atoms with van der Waals surface area (Å²) in [5, 5.41) is 5.73. The standard InChI is InChI=1S/C30H48N4O5/c1-8-20-15-17-21(18-16-20)25(26(36)32-22-13-11-10-12-14-22)34(30(6,7)9-2)27(37)23(19-24(31)35)33-28(38)39-29(3,4)5/h15-18,22-23,25H,8-14,19H2,1-7H3,(H2,31,35)(H,32,36)(H,33,38). The van der Waals surface area contributed by atoms with E-state index in [1.54, 1.807) is 20.8 Å². The summed E-state index contributed by atoms with van der Waals surface area (Å²) in [4.78, 5) is 54.5. The summed E-state index contributed by atoms with van der Waals surface area (Å²) in [6.45, 7) is 12.8. The highest BCUT2D eigenvalue weighted by atomic mass is 16.6. The second-order valence-corrected chi connectivity index (χ2v) is 12.1. The van der Waals surface area contributed by atoms with Crippen molar-refractivity contribution in [3.05, 3.63) is 35.4 Å². The molecule has 0 aromatic heterocycles. The number of carbonyl (C=O) groups is 4. The van der Waals surface area contributed by atoms with Gasteiger partial charge in [0.25, 0.3) is 0 Å². The molecule has 1 aliphatic rings. The lowest BCUT2D eigenvalue weighted by molar-refractivity contribution is -0.150. The van der Waals surface area contributed by atoms with Gasteiger partial charge in [-0.3, -0.25) is 14.4 Å². The number of carbonyl (C=O) groups excluding carboxylic acids is 4. The number of rotatable bonds is 11. The molecule has 0 aliphatic heterocycles. The van der Waals surface area contributed by atoms with Gasteiger partial charge >= 0.3 is 6.09 Å². The van der Waals surface area contributed by atoms with Crippen molar-refractivity contribution in [3.63, 3.8) is 0 Å². The van der Waals surface area contributed by atoms with Crippen LogP contribution in [0.25, 0.3) is 0 Å². The lowest BCUT2D eigenvalue weighted by Crippen LogP contribution is -2.60. The van der Waals surface area contributed by atoms with Crippen LogP contribution < -0.4 is 16.4 Å². The minimum absolute atomic E-state index is 0.0339. The van der Waals surface area contributed by atoms with Crippen LogP contribution in [0.4, 0.5) is 4.79 Å². The van der Waals surface area contributed by atoms with Gasteiger partial charge in [0.05, 0.1) is 6.42 Å². The largest absolute Gasteiger partial charge is 0.444 e. The van der Waals surface area contributed by atoms with Crippen molar-refractivity contribution in [2.75, 3.05) is 0 Å². The van der Waals surface area contributed by atoms with Crippen LogP contribution in [0, 0.1) is 0 Å². The molecule has 39 heavy (non-hydrogen) atoms. The van der Waals surface area contributed by atoms with Gasteiger partial charge in [-0.05, 0) is 71.4 Å². The van der Waals surface area contributed by atoms with Crippen LogP contribution >= 0.6 is 0 Å². The summed E-state index contributed by atoms with van der Waals surface area (Å²) < 4.78 is 5.36. The van der Waals surface area contributed by atoms with E-state index in [0.717, 1.165) is 44.1 Å². The molecule has 4 amide bonds. The third-order valence-corrected chi connectivity index (χ3v) is 7.31. The molecule has 0 radical (unpaired) electrons. The van der Waals surface area contributed by atoms with Crippen molar-refractivity contribution in [2.24, 2.45) is 5.73 Å². The molecule has 0 spiro atoms. The first-order valence-electron chi connectivity index (χ1n) is 14.2. The van der Waals surface area contributed by atoms with Crippen molar-refractivity contribution >= 4 is 23.8 Å². The van der Waals surface area contributed by atoms with E-state index in [0.29, 0.717) is 12.0 Å².